The van der Waals surface area contributed by atoms with E-state index in [1.165, 1.54) is 0 Å². The van der Waals surface area contributed by atoms with Gasteiger partial charge in [-0.1, -0.05) is 30.3 Å². The van der Waals surface area contributed by atoms with Crippen molar-refractivity contribution in [3.8, 4) is 0 Å². The lowest BCUT2D eigenvalue weighted by Crippen LogP contribution is -2.40. The van der Waals surface area contributed by atoms with Crippen LogP contribution in [-0.2, 0) is 15.0 Å². The van der Waals surface area contributed by atoms with E-state index in [0.717, 1.165) is 28.1 Å². The van der Waals surface area contributed by atoms with Crippen molar-refractivity contribution in [1.82, 2.24) is 0 Å². The number of amides is 2. The van der Waals surface area contributed by atoms with E-state index >= 15 is 0 Å². The van der Waals surface area contributed by atoms with E-state index in [9.17, 15) is 9.59 Å². The minimum Gasteiger partial charge on any atom is -0.324 e. The molecule has 124 valence electrons. The first-order chi connectivity index (χ1) is 11.3. The van der Waals surface area contributed by atoms with Crippen LogP contribution in [0.2, 0.25) is 0 Å². The third kappa shape index (κ3) is 2.58. The van der Waals surface area contributed by atoms with E-state index in [4.69, 9.17) is 0 Å². The first kappa shape index (κ1) is 16.2. The van der Waals surface area contributed by atoms with Gasteiger partial charge in [-0.15, -0.1) is 0 Å². The van der Waals surface area contributed by atoms with Gasteiger partial charge >= 0.3 is 0 Å². The molecule has 4 heteroatoms. The second kappa shape index (κ2) is 5.78. The first-order valence-corrected chi connectivity index (χ1v) is 8.10. The second-order valence-corrected chi connectivity index (χ2v) is 6.83. The molecule has 2 aromatic carbocycles. The Morgan fingerprint density at radius 3 is 2.54 bits per heavy atom. The largest absolute Gasteiger partial charge is 0.324 e. The van der Waals surface area contributed by atoms with Crippen LogP contribution in [0.1, 0.15) is 30.5 Å². The second-order valence-electron chi connectivity index (χ2n) is 6.83. The maximum absolute atomic E-state index is 12.7. The fourth-order valence-corrected chi connectivity index (χ4v) is 3.18. The molecule has 1 aliphatic heterocycles. The SMILES string of the molecule is Cc1cccc(NC(=O)CN2C(=O)C(C)(C)c3ccccc32)c1C. The zero-order chi connectivity index (χ0) is 17.5. The van der Waals surface area contributed by atoms with Gasteiger partial charge in [-0.3, -0.25) is 9.59 Å². The summed E-state index contributed by atoms with van der Waals surface area (Å²) in [6.07, 6.45) is 0. The molecule has 24 heavy (non-hydrogen) atoms. The summed E-state index contributed by atoms with van der Waals surface area (Å²) in [6, 6.07) is 13.5. The summed E-state index contributed by atoms with van der Waals surface area (Å²) in [4.78, 5) is 26.8. The van der Waals surface area contributed by atoms with Crippen LogP contribution in [0, 0.1) is 13.8 Å². The summed E-state index contributed by atoms with van der Waals surface area (Å²) < 4.78 is 0. The Balaban J connectivity index is 1.83. The highest BCUT2D eigenvalue weighted by Crippen LogP contribution is 2.41. The van der Waals surface area contributed by atoms with E-state index in [0.29, 0.717) is 0 Å². The zero-order valence-electron chi connectivity index (χ0n) is 14.5. The lowest BCUT2D eigenvalue weighted by atomic mass is 9.86. The standard InChI is InChI=1S/C20H22N2O2/c1-13-8-7-10-16(14(13)2)21-18(23)12-22-17-11-6-5-9-15(17)20(3,4)19(22)24/h5-11H,12H2,1-4H3,(H,21,23). The maximum Gasteiger partial charge on any atom is 0.244 e. The van der Waals surface area contributed by atoms with Crippen molar-refractivity contribution < 1.29 is 9.59 Å². The molecule has 0 aromatic heterocycles. The number of para-hydroxylation sites is 1. The molecule has 0 spiro atoms. The Labute approximate surface area is 142 Å². The van der Waals surface area contributed by atoms with Crippen LogP contribution in [0.15, 0.2) is 42.5 Å². The fourth-order valence-electron chi connectivity index (χ4n) is 3.18. The van der Waals surface area contributed by atoms with Crippen LogP contribution in [0.5, 0.6) is 0 Å². The van der Waals surface area contributed by atoms with Crippen LogP contribution in [-0.4, -0.2) is 18.4 Å². The topological polar surface area (TPSA) is 49.4 Å². The highest BCUT2D eigenvalue weighted by Gasteiger charge is 2.44. The number of benzene rings is 2. The third-order valence-electron chi connectivity index (χ3n) is 4.83. The average Bonchev–Trinajstić information content (AvgIpc) is 2.73. The van der Waals surface area contributed by atoms with Crippen molar-refractivity contribution in [3.05, 3.63) is 59.2 Å². The van der Waals surface area contributed by atoms with Crippen LogP contribution < -0.4 is 10.2 Å². The van der Waals surface area contributed by atoms with Crippen molar-refractivity contribution >= 4 is 23.2 Å². The summed E-state index contributed by atoms with van der Waals surface area (Å²) in [5.41, 5.74) is 4.14. The number of hydrogen-bond donors (Lipinski definition) is 1. The number of nitrogens with one attached hydrogen (secondary N) is 1. The summed E-state index contributed by atoms with van der Waals surface area (Å²) in [5, 5.41) is 2.92. The van der Waals surface area contributed by atoms with Gasteiger partial charge in [0.05, 0.1) is 5.41 Å². The van der Waals surface area contributed by atoms with E-state index in [-0.39, 0.29) is 18.4 Å². The van der Waals surface area contributed by atoms with Crippen molar-refractivity contribution in [2.45, 2.75) is 33.1 Å². The van der Waals surface area contributed by atoms with Gasteiger partial charge in [-0.25, -0.2) is 0 Å². The zero-order valence-corrected chi connectivity index (χ0v) is 14.5. The van der Waals surface area contributed by atoms with Crippen molar-refractivity contribution in [2.75, 3.05) is 16.8 Å². The number of anilines is 2. The number of carbonyl (C=O) groups is 2. The molecule has 4 nitrogen and oxygen atoms in total. The van der Waals surface area contributed by atoms with Gasteiger partial charge in [0.15, 0.2) is 0 Å². The number of carbonyl (C=O) groups excluding carboxylic acids is 2. The number of hydrogen-bond acceptors (Lipinski definition) is 2. The lowest BCUT2D eigenvalue weighted by molar-refractivity contribution is -0.124. The molecule has 1 N–H and O–H groups in total. The predicted octanol–water partition coefficient (Wildman–Crippen LogP) is 3.57. The molecule has 2 amide bonds. The van der Waals surface area contributed by atoms with Gasteiger partial charge < -0.3 is 10.2 Å². The quantitative estimate of drug-likeness (QED) is 0.939. The van der Waals surface area contributed by atoms with E-state index in [1.54, 1.807) is 4.90 Å². The van der Waals surface area contributed by atoms with Gasteiger partial charge in [0.25, 0.3) is 0 Å². The van der Waals surface area contributed by atoms with Gasteiger partial charge in [0.2, 0.25) is 11.8 Å². The Morgan fingerprint density at radius 1 is 1.08 bits per heavy atom. The molecule has 1 heterocycles. The van der Waals surface area contributed by atoms with Crippen LogP contribution in [0.25, 0.3) is 0 Å². The normalized spacial score (nSPS) is 15.3. The molecule has 0 radical (unpaired) electrons. The predicted molar refractivity (Wildman–Crippen MR) is 96.4 cm³/mol. The Kier molecular flexibility index (Phi) is 3.91. The summed E-state index contributed by atoms with van der Waals surface area (Å²) >= 11 is 0. The van der Waals surface area contributed by atoms with Crippen molar-refractivity contribution in [2.24, 2.45) is 0 Å². The summed E-state index contributed by atoms with van der Waals surface area (Å²) in [6.45, 7) is 7.80. The van der Waals surface area contributed by atoms with Gasteiger partial charge in [-0.05, 0) is 56.5 Å². The molecule has 0 fully saturated rings. The third-order valence-corrected chi connectivity index (χ3v) is 4.83. The molecule has 0 unspecified atom stereocenters. The minimum atomic E-state index is -0.601. The Hall–Kier alpha value is -2.62. The van der Waals surface area contributed by atoms with E-state index in [1.807, 2.05) is 70.2 Å². The summed E-state index contributed by atoms with van der Waals surface area (Å²) in [5.74, 6) is -0.232. The Morgan fingerprint density at radius 2 is 1.79 bits per heavy atom. The van der Waals surface area contributed by atoms with Crippen LogP contribution in [0.4, 0.5) is 11.4 Å². The average molecular weight is 322 g/mol. The molecule has 1 aliphatic rings. The van der Waals surface area contributed by atoms with E-state index in [2.05, 4.69) is 5.32 Å². The van der Waals surface area contributed by atoms with Crippen molar-refractivity contribution in [1.29, 1.82) is 0 Å². The van der Waals surface area contributed by atoms with Gasteiger partial charge in [-0.2, -0.15) is 0 Å². The minimum absolute atomic E-state index is 0.0205. The molecule has 0 bridgehead atoms. The first-order valence-electron chi connectivity index (χ1n) is 8.10. The fraction of sp³-hybridized carbons (Fsp3) is 0.300. The summed E-state index contributed by atoms with van der Waals surface area (Å²) in [7, 11) is 0. The lowest BCUT2D eigenvalue weighted by Gasteiger charge is -2.20. The number of fused-ring (bicyclic) bond motifs is 1. The molecule has 0 saturated heterocycles. The monoisotopic (exact) mass is 322 g/mol. The molecular weight excluding hydrogens is 300 g/mol. The maximum atomic E-state index is 12.7. The number of nitrogens with zero attached hydrogens (tertiary/aromatic N) is 1. The molecule has 2 aromatic rings. The van der Waals surface area contributed by atoms with Gasteiger partial charge in [0.1, 0.15) is 6.54 Å². The van der Waals surface area contributed by atoms with Crippen LogP contribution >= 0.6 is 0 Å². The van der Waals surface area contributed by atoms with E-state index < -0.39 is 5.41 Å². The molecule has 3 rings (SSSR count). The molecule has 0 atom stereocenters. The van der Waals surface area contributed by atoms with Crippen LogP contribution in [0.3, 0.4) is 0 Å². The molecule has 0 saturated carbocycles. The number of rotatable bonds is 3. The van der Waals surface area contributed by atoms with Gasteiger partial charge in [0, 0.05) is 11.4 Å². The molecule has 0 aliphatic carbocycles. The molecular formula is C20H22N2O2. The van der Waals surface area contributed by atoms with Crippen molar-refractivity contribution in [3.63, 3.8) is 0 Å². The highest BCUT2D eigenvalue weighted by molar-refractivity contribution is 6.11. The number of aryl methyl sites for hydroxylation is 1. The smallest absolute Gasteiger partial charge is 0.244 e. The Bertz CT molecular complexity index is 824. The highest BCUT2D eigenvalue weighted by atomic mass is 16.2.